The van der Waals surface area contributed by atoms with Crippen molar-refractivity contribution in [3.05, 3.63) is 0 Å². The Hall–Kier alpha value is -0.160. The third-order valence-corrected chi connectivity index (χ3v) is 2.79. The normalized spacial score (nSPS) is 15.0. The van der Waals surface area contributed by atoms with Crippen molar-refractivity contribution in [2.75, 3.05) is 26.2 Å². The Morgan fingerprint density at radius 3 is 1.50 bits per heavy atom. The maximum absolute atomic E-state index is 5.48. The SMILES string of the molecule is C[C@H](CCN)NCCCCN[C@H](C)CCN. The van der Waals surface area contributed by atoms with E-state index < -0.39 is 0 Å². The molecular weight excluding hydrogens is 200 g/mol. The van der Waals surface area contributed by atoms with Gasteiger partial charge in [-0.3, -0.25) is 0 Å². The summed E-state index contributed by atoms with van der Waals surface area (Å²) < 4.78 is 0. The van der Waals surface area contributed by atoms with Gasteiger partial charge in [0.15, 0.2) is 0 Å². The van der Waals surface area contributed by atoms with E-state index in [4.69, 9.17) is 11.5 Å². The number of nitrogens with one attached hydrogen (secondary N) is 2. The van der Waals surface area contributed by atoms with Crippen LogP contribution in [-0.4, -0.2) is 38.3 Å². The summed E-state index contributed by atoms with van der Waals surface area (Å²) in [4.78, 5) is 0. The fraction of sp³-hybridized carbons (Fsp3) is 1.00. The first-order chi connectivity index (χ1) is 7.70. The van der Waals surface area contributed by atoms with Gasteiger partial charge in [0.05, 0.1) is 0 Å². The van der Waals surface area contributed by atoms with Crippen LogP contribution in [0.4, 0.5) is 0 Å². The molecule has 0 spiro atoms. The van der Waals surface area contributed by atoms with Crippen molar-refractivity contribution >= 4 is 0 Å². The fourth-order valence-electron chi connectivity index (χ4n) is 1.65. The molecule has 4 heteroatoms. The van der Waals surface area contributed by atoms with E-state index in [0.29, 0.717) is 12.1 Å². The topological polar surface area (TPSA) is 76.1 Å². The molecular formula is C12H30N4. The molecule has 0 aromatic rings. The molecule has 0 aromatic carbocycles. The summed E-state index contributed by atoms with van der Waals surface area (Å²) in [5.74, 6) is 0. The molecule has 2 atom stereocenters. The number of hydrogen-bond donors (Lipinski definition) is 4. The molecule has 6 N–H and O–H groups in total. The van der Waals surface area contributed by atoms with Gasteiger partial charge in [0.2, 0.25) is 0 Å². The van der Waals surface area contributed by atoms with Crippen LogP contribution in [-0.2, 0) is 0 Å². The van der Waals surface area contributed by atoms with Crippen molar-refractivity contribution in [1.82, 2.24) is 10.6 Å². The first-order valence-corrected chi connectivity index (χ1v) is 6.57. The minimum absolute atomic E-state index is 0.550. The van der Waals surface area contributed by atoms with Crippen molar-refractivity contribution in [3.8, 4) is 0 Å². The van der Waals surface area contributed by atoms with Crippen LogP contribution >= 0.6 is 0 Å². The highest BCUT2D eigenvalue weighted by atomic mass is 14.9. The van der Waals surface area contributed by atoms with Gasteiger partial charge in [0.25, 0.3) is 0 Å². The third-order valence-electron chi connectivity index (χ3n) is 2.79. The first-order valence-electron chi connectivity index (χ1n) is 6.57. The van der Waals surface area contributed by atoms with E-state index in [1.54, 1.807) is 0 Å². The monoisotopic (exact) mass is 230 g/mol. The zero-order valence-electron chi connectivity index (χ0n) is 11.0. The zero-order valence-corrected chi connectivity index (χ0v) is 11.0. The summed E-state index contributed by atoms with van der Waals surface area (Å²) in [5.41, 5.74) is 11.0. The highest BCUT2D eigenvalue weighted by Crippen LogP contribution is 1.92. The lowest BCUT2D eigenvalue weighted by Gasteiger charge is -2.14. The van der Waals surface area contributed by atoms with E-state index in [-0.39, 0.29) is 0 Å². The van der Waals surface area contributed by atoms with E-state index in [0.717, 1.165) is 39.0 Å². The Morgan fingerprint density at radius 1 is 0.812 bits per heavy atom. The van der Waals surface area contributed by atoms with Crippen molar-refractivity contribution in [2.24, 2.45) is 11.5 Å². The lowest BCUT2D eigenvalue weighted by molar-refractivity contribution is 0.476. The van der Waals surface area contributed by atoms with Crippen LogP contribution < -0.4 is 22.1 Å². The van der Waals surface area contributed by atoms with Crippen molar-refractivity contribution < 1.29 is 0 Å². The van der Waals surface area contributed by atoms with E-state index in [1.807, 2.05) is 0 Å². The summed E-state index contributed by atoms with van der Waals surface area (Å²) in [6.07, 6.45) is 4.56. The average molecular weight is 230 g/mol. The van der Waals surface area contributed by atoms with Crippen LogP contribution in [0.25, 0.3) is 0 Å². The van der Waals surface area contributed by atoms with Gasteiger partial charge in [-0.2, -0.15) is 0 Å². The van der Waals surface area contributed by atoms with Crippen LogP contribution in [0.15, 0.2) is 0 Å². The molecule has 4 nitrogen and oxygen atoms in total. The fourth-order valence-corrected chi connectivity index (χ4v) is 1.65. The van der Waals surface area contributed by atoms with Crippen molar-refractivity contribution in [3.63, 3.8) is 0 Å². The zero-order chi connectivity index (χ0) is 12.2. The molecule has 0 saturated heterocycles. The molecule has 0 unspecified atom stereocenters. The standard InChI is InChI=1S/C12H30N4/c1-11(5-7-13)15-9-3-4-10-16-12(2)6-8-14/h11-12,15-16H,3-10,13-14H2,1-2H3/t11-,12-/m1/s1. The number of nitrogens with two attached hydrogens (primary N) is 2. The second-order valence-electron chi connectivity index (χ2n) is 4.57. The highest BCUT2D eigenvalue weighted by Gasteiger charge is 2.00. The van der Waals surface area contributed by atoms with Crippen molar-refractivity contribution in [2.45, 2.75) is 51.6 Å². The molecule has 0 fully saturated rings. The van der Waals surface area contributed by atoms with Gasteiger partial charge >= 0.3 is 0 Å². The third kappa shape index (κ3) is 10.4. The predicted molar refractivity (Wildman–Crippen MR) is 71.5 cm³/mol. The molecule has 98 valence electrons. The lowest BCUT2D eigenvalue weighted by atomic mass is 10.2. The van der Waals surface area contributed by atoms with Gasteiger partial charge in [-0.05, 0) is 65.7 Å². The van der Waals surface area contributed by atoms with Gasteiger partial charge in [-0.15, -0.1) is 0 Å². The summed E-state index contributed by atoms with van der Waals surface area (Å²) >= 11 is 0. The average Bonchev–Trinajstić information content (AvgIpc) is 2.24. The van der Waals surface area contributed by atoms with Gasteiger partial charge in [0, 0.05) is 12.1 Å². The predicted octanol–water partition coefficient (Wildman–Crippen LogP) is 0.420. The van der Waals surface area contributed by atoms with Gasteiger partial charge in [-0.1, -0.05) is 0 Å². The van der Waals surface area contributed by atoms with Gasteiger partial charge in [-0.25, -0.2) is 0 Å². The van der Waals surface area contributed by atoms with Gasteiger partial charge in [0.1, 0.15) is 0 Å². The molecule has 16 heavy (non-hydrogen) atoms. The van der Waals surface area contributed by atoms with Crippen LogP contribution in [0, 0.1) is 0 Å². The quantitative estimate of drug-likeness (QED) is 0.388. The molecule has 0 aliphatic heterocycles. The molecule has 0 saturated carbocycles. The first kappa shape index (κ1) is 15.8. The molecule has 0 amide bonds. The second-order valence-corrected chi connectivity index (χ2v) is 4.57. The van der Waals surface area contributed by atoms with Crippen LogP contribution in [0.5, 0.6) is 0 Å². The minimum atomic E-state index is 0.550. The largest absolute Gasteiger partial charge is 0.330 e. The van der Waals surface area contributed by atoms with Crippen molar-refractivity contribution in [1.29, 1.82) is 0 Å². The summed E-state index contributed by atoms with van der Waals surface area (Å²) in [7, 11) is 0. The number of hydrogen-bond acceptors (Lipinski definition) is 4. The molecule has 0 bridgehead atoms. The Morgan fingerprint density at radius 2 is 1.19 bits per heavy atom. The molecule has 0 radical (unpaired) electrons. The van der Waals surface area contributed by atoms with Crippen LogP contribution in [0.3, 0.4) is 0 Å². The smallest absolute Gasteiger partial charge is 0.00507 e. The summed E-state index contributed by atoms with van der Waals surface area (Å²) in [6, 6.07) is 1.10. The maximum atomic E-state index is 5.48. The Balaban J connectivity index is 3.15. The molecule has 0 heterocycles. The molecule has 0 rings (SSSR count). The van der Waals surface area contributed by atoms with Crippen LogP contribution in [0.1, 0.15) is 39.5 Å². The Bertz CT molecular complexity index is 125. The maximum Gasteiger partial charge on any atom is 0.00507 e. The molecule has 0 aliphatic rings. The number of unbranched alkanes of at least 4 members (excludes halogenated alkanes) is 1. The second kappa shape index (κ2) is 11.3. The highest BCUT2D eigenvalue weighted by molar-refractivity contribution is 4.63. The Labute approximate surface area is 101 Å². The van der Waals surface area contributed by atoms with E-state index in [1.165, 1.54) is 12.8 Å². The summed E-state index contributed by atoms with van der Waals surface area (Å²) in [6.45, 7) is 8.10. The lowest BCUT2D eigenvalue weighted by Crippen LogP contribution is -2.31. The molecule has 0 aromatic heterocycles. The number of rotatable bonds is 11. The minimum Gasteiger partial charge on any atom is -0.330 e. The van der Waals surface area contributed by atoms with E-state index in [9.17, 15) is 0 Å². The van der Waals surface area contributed by atoms with E-state index >= 15 is 0 Å². The summed E-state index contributed by atoms with van der Waals surface area (Å²) in [5, 5.41) is 6.94. The molecule has 0 aliphatic carbocycles. The Kier molecular flexibility index (Phi) is 11.2. The van der Waals surface area contributed by atoms with Crippen LogP contribution in [0.2, 0.25) is 0 Å². The van der Waals surface area contributed by atoms with E-state index in [2.05, 4.69) is 24.5 Å². The van der Waals surface area contributed by atoms with Gasteiger partial charge < -0.3 is 22.1 Å².